The molecule has 5 heteroatoms. The molecule has 1 aliphatic heterocycles. The van der Waals surface area contributed by atoms with Gasteiger partial charge < -0.3 is 10.1 Å². The van der Waals surface area contributed by atoms with E-state index in [-0.39, 0.29) is 0 Å². The Morgan fingerprint density at radius 1 is 1.39 bits per heavy atom. The third-order valence-corrected chi connectivity index (χ3v) is 4.51. The number of hydrogen-bond acceptors (Lipinski definition) is 5. The van der Waals surface area contributed by atoms with Crippen molar-refractivity contribution in [2.45, 2.75) is 58.6 Å². The fourth-order valence-corrected chi connectivity index (χ4v) is 3.30. The van der Waals surface area contributed by atoms with Gasteiger partial charge in [0.2, 0.25) is 5.13 Å². The minimum absolute atomic E-state index is 0.403. The van der Waals surface area contributed by atoms with Crippen molar-refractivity contribution in [1.82, 2.24) is 10.2 Å². The molecule has 1 aromatic heterocycles. The van der Waals surface area contributed by atoms with Gasteiger partial charge in [-0.1, -0.05) is 38.0 Å². The van der Waals surface area contributed by atoms with Gasteiger partial charge in [-0.2, -0.15) is 0 Å². The number of ether oxygens (including phenoxy) is 1. The molecule has 2 unspecified atom stereocenters. The highest BCUT2D eigenvalue weighted by Crippen LogP contribution is 2.27. The largest absolute Gasteiger partial charge is 0.378 e. The molecule has 1 aliphatic rings. The van der Waals surface area contributed by atoms with Crippen LogP contribution in [0.4, 0.5) is 5.13 Å². The SMILES string of the molecule is CCC(CC)C1CC(Nc2nnc(C)s2)CCO1. The lowest BCUT2D eigenvalue weighted by Gasteiger charge is -2.34. The average Bonchev–Trinajstić information content (AvgIpc) is 2.77. The van der Waals surface area contributed by atoms with Crippen molar-refractivity contribution in [3.8, 4) is 0 Å². The van der Waals surface area contributed by atoms with Crippen LogP contribution < -0.4 is 5.32 Å². The van der Waals surface area contributed by atoms with Crippen LogP contribution >= 0.6 is 11.3 Å². The van der Waals surface area contributed by atoms with E-state index < -0.39 is 0 Å². The Bertz CT molecular complexity index is 365. The third kappa shape index (κ3) is 3.42. The standard InChI is InChI=1S/C13H23N3OS/c1-4-10(5-2)12-8-11(6-7-17-12)14-13-16-15-9(3)18-13/h10-12H,4-8H2,1-3H3,(H,14,16). The number of aryl methyl sites for hydroxylation is 1. The molecule has 1 fully saturated rings. The van der Waals surface area contributed by atoms with Crippen molar-refractivity contribution in [2.24, 2.45) is 5.92 Å². The van der Waals surface area contributed by atoms with Crippen molar-refractivity contribution >= 4 is 16.5 Å². The van der Waals surface area contributed by atoms with Gasteiger partial charge in [-0.25, -0.2) is 0 Å². The maximum atomic E-state index is 5.92. The second-order valence-corrected chi connectivity index (χ2v) is 6.16. The van der Waals surface area contributed by atoms with Crippen LogP contribution in [0, 0.1) is 12.8 Å². The second kappa shape index (κ2) is 6.48. The van der Waals surface area contributed by atoms with Crippen molar-refractivity contribution in [3.05, 3.63) is 5.01 Å². The lowest BCUT2D eigenvalue weighted by Crippen LogP contribution is -2.37. The van der Waals surface area contributed by atoms with Gasteiger partial charge in [0.15, 0.2) is 0 Å². The molecule has 1 N–H and O–H groups in total. The van der Waals surface area contributed by atoms with Gasteiger partial charge in [-0.15, -0.1) is 10.2 Å². The number of anilines is 1. The monoisotopic (exact) mass is 269 g/mol. The predicted octanol–water partition coefficient (Wildman–Crippen LogP) is 3.24. The molecular formula is C13H23N3OS. The highest BCUT2D eigenvalue weighted by Gasteiger charge is 2.27. The summed E-state index contributed by atoms with van der Waals surface area (Å²) in [7, 11) is 0. The molecule has 0 aliphatic carbocycles. The number of nitrogens with one attached hydrogen (secondary N) is 1. The predicted molar refractivity (Wildman–Crippen MR) is 75.1 cm³/mol. The van der Waals surface area contributed by atoms with E-state index >= 15 is 0 Å². The van der Waals surface area contributed by atoms with Crippen LogP contribution in [0.3, 0.4) is 0 Å². The first-order valence-electron chi connectivity index (χ1n) is 6.91. The van der Waals surface area contributed by atoms with Crippen LogP contribution in [-0.2, 0) is 4.74 Å². The van der Waals surface area contributed by atoms with Gasteiger partial charge >= 0.3 is 0 Å². The maximum Gasteiger partial charge on any atom is 0.205 e. The summed E-state index contributed by atoms with van der Waals surface area (Å²) < 4.78 is 5.92. The Morgan fingerprint density at radius 2 is 2.17 bits per heavy atom. The lowest BCUT2D eigenvalue weighted by atomic mass is 9.89. The summed E-state index contributed by atoms with van der Waals surface area (Å²) in [6.45, 7) is 7.35. The molecule has 2 heterocycles. The molecule has 0 saturated carbocycles. The first-order valence-corrected chi connectivity index (χ1v) is 7.72. The molecule has 18 heavy (non-hydrogen) atoms. The zero-order chi connectivity index (χ0) is 13.0. The van der Waals surface area contributed by atoms with Crippen molar-refractivity contribution in [1.29, 1.82) is 0 Å². The van der Waals surface area contributed by atoms with Crippen molar-refractivity contribution < 1.29 is 4.74 Å². The molecule has 2 atom stereocenters. The van der Waals surface area contributed by atoms with Gasteiger partial charge in [0, 0.05) is 12.6 Å². The average molecular weight is 269 g/mol. The van der Waals surface area contributed by atoms with Crippen LogP contribution in [0.5, 0.6) is 0 Å². The summed E-state index contributed by atoms with van der Waals surface area (Å²) >= 11 is 1.63. The normalized spacial score (nSPS) is 24.4. The Labute approximate surface area is 113 Å². The number of aromatic nitrogens is 2. The Morgan fingerprint density at radius 3 is 2.78 bits per heavy atom. The number of rotatable bonds is 5. The van der Waals surface area contributed by atoms with E-state index in [1.54, 1.807) is 11.3 Å². The summed E-state index contributed by atoms with van der Waals surface area (Å²) in [5, 5.41) is 13.6. The quantitative estimate of drug-likeness (QED) is 0.891. The molecular weight excluding hydrogens is 246 g/mol. The van der Waals surface area contributed by atoms with E-state index in [1.165, 1.54) is 12.8 Å². The Kier molecular flexibility index (Phi) is 4.95. The Balaban J connectivity index is 1.90. The van der Waals surface area contributed by atoms with E-state index in [0.29, 0.717) is 18.1 Å². The van der Waals surface area contributed by atoms with E-state index in [1.807, 2.05) is 6.92 Å². The summed E-state index contributed by atoms with van der Waals surface area (Å²) in [6, 6.07) is 0.483. The molecule has 2 rings (SSSR count). The van der Waals surface area contributed by atoms with Crippen molar-refractivity contribution in [3.63, 3.8) is 0 Å². The molecule has 1 saturated heterocycles. The van der Waals surface area contributed by atoms with Gasteiger partial charge in [-0.3, -0.25) is 0 Å². The lowest BCUT2D eigenvalue weighted by molar-refractivity contribution is -0.0271. The first-order chi connectivity index (χ1) is 8.72. The summed E-state index contributed by atoms with van der Waals surface area (Å²) in [4.78, 5) is 0. The maximum absolute atomic E-state index is 5.92. The highest BCUT2D eigenvalue weighted by atomic mass is 32.1. The van der Waals surface area contributed by atoms with Crippen LogP contribution in [-0.4, -0.2) is 29.0 Å². The zero-order valence-electron chi connectivity index (χ0n) is 11.5. The summed E-state index contributed by atoms with van der Waals surface area (Å²) in [6.07, 6.45) is 4.96. The van der Waals surface area contributed by atoms with Crippen LogP contribution in [0.1, 0.15) is 44.5 Å². The van der Waals surface area contributed by atoms with Gasteiger partial charge in [0.1, 0.15) is 5.01 Å². The second-order valence-electron chi connectivity index (χ2n) is 4.98. The molecule has 0 aromatic carbocycles. The smallest absolute Gasteiger partial charge is 0.205 e. The van der Waals surface area contributed by atoms with Crippen LogP contribution in [0.25, 0.3) is 0 Å². The molecule has 0 bridgehead atoms. The fourth-order valence-electron chi connectivity index (χ4n) is 2.63. The topological polar surface area (TPSA) is 47.0 Å². The summed E-state index contributed by atoms with van der Waals surface area (Å²) in [5.41, 5.74) is 0. The summed E-state index contributed by atoms with van der Waals surface area (Å²) in [5.74, 6) is 0.686. The Hall–Kier alpha value is -0.680. The van der Waals surface area contributed by atoms with Gasteiger partial charge in [0.05, 0.1) is 6.10 Å². The fraction of sp³-hybridized carbons (Fsp3) is 0.846. The number of hydrogen-bond donors (Lipinski definition) is 1. The van der Waals surface area contributed by atoms with Crippen LogP contribution in [0.15, 0.2) is 0 Å². The first kappa shape index (κ1) is 13.7. The van der Waals surface area contributed by atoms with E-state index in [4.69, 9.17) is 4.74 Å². The van der Waals surface area contributed by atoms with Gasteiger partial charge in [-0.05, 0) is 25.7 Å². The molecule has 102 valence electrons. The molecule has 1 aromatic rings. The molecule has 0 spiro atoms. The van der Waals surface area contributed by atoms with Gasteiger partial charge in [0.25, 0.3) is 0 Å². The minimum Gasteiger partial charge on any atom is -0.378 e. The molecule has 4 nitrogen and oxygen atoms in total. The van der Waals surface area contributed by atoms with Crippen molar-refractivity contribution in [2.75, 3.05) is 11.9 Å². The van der Waals surface area contributed by atoms with E-state index in [0.717, 1.165) is 29.6 Å². The van der Waals surface area contributed by atoms with E-state index in [2.05, 4.69) is 29.4 Å². The van der Waals surface area contributed by atoms with E-state index in [9.17, 15) is 0 Å². The zero-order valence-corrected chi connectivity index (χ0v) is 12.3. The molecule has 0 amide bonds. The van der Waals surface area contributed by atoms with Crippen LogP contribution in [0.2, 0.25) is 0 Å². The molecule has 0 radical (unpaired) electrons. The minimum atomic E-state index is 0.403. The third-order valence-electron chi connectivity index (χ3n) is 3.74. The number of nitrogens with zero attached hydrogens (tertiary/aromatic N) is 2. The highest BCUT2D eigenvalue weighted by molar-refractivity contribution is 7.15.